The largest absolute Gasteiger partial charge is 0.497 e. The molecular formula is C21H35N5O3. The Morgan fingerprint density at radius 3 is 2.41 bits per heavy atom. The van der Waals surface area contributed by atoms with Crippen LogP contribution >= 0.6 is 0 Å². The number of ether oxygens (including phenoxy) is 3. The number of nitrogens with one attached hydrogen (secondary N) is 1. The SMILES string of the molecule is COc1ccc(C(CN=C(N)NCCCN2CCOCC2)N2CCOCC2)cc1. The number of hydrogen-bond donors (Lipinski definition) is 2. The first-order valence-electron chi connectivity index (χ1n) is 10.6. The van der Waals surface area contributed by atoms with Gasteiger partial charge in [-0.05, 0) is 30.7 Å². The number of benzene rings is 1. The Morgan fingerprint density at radius 1 is 1.10 bits per heavy atom. The van der Waals surface area contributed by atoms with Crippen LogP contribution in [-0.2, 0) is 9.47 Å². The minimum absolute atomic E-state index is 0.179. The summed E-state index contributed by atoms with van der Waals surface area (Å²) in [6.45, 7) is 9.55. The van der Waals surface area contributed by atoms with Crippen LogP contribution in [0, 0.1) is 0 Å². The number of aliphatic imine (C=N–C) groups is 1. The van der Waals surface area contributed by atoms with Crippen LogP contribution < -0.4 is 15.8 Å². The van der Waals surface area contributed by atoms with Crippen molar-refractivity contribution in [3.63, 3.8) is 0 Å². The van der Waals surface area contributed by atoms with Crippen LogP contribution in [0.25, 0.3) is 0 Å². The fourth-order valence-electron chi connectivity index (χ4n) is 3.73. The van der Waals surface area contributed by atoms with Gasteiger partial charge >= 0.3 is 0 Å². The van der Waals surface area contributed by atoms with Gasteiger partial charge in [0.15, 0.2) is 5.96 Å². The first kappa shape index (κ1) is 21.8. The average Bonchev–Trinajstić information content (AvgIpc) is 2.79. The molecule has 0 saturated carbocycles. The second-order valence-corrected chi connectivity index (χ2v) is 7.40. The van der Waals surface area contributed by atoms with Crippen molar-refractivity contribution in [3.05, 3.63) is 29.8 Å². The van der Waals surface area contributed by atoms with Crippen LogP contribution in [0.15, 0.2) is 29.3 Å². The van der Waals surface area contributed by atoms with E-state index in [0.29, 0.717) is 12.5 Å². The number of nitrogens with two attached hydrogens (primary N) is 1. The van der Waals surface area contributed by atoms with E-state index in [1.54, 1.807) is 7.11 Å². The molecule has 2 saturated heterocycles. The summed E-state index contributed by atoms with van der Waals surface area (Å²) in [4.78, 5) is 9.48. The van der Waals surface area contributed by atoms with Gasteiger partial charge in [-0.2, -0.15) is 0 Å². The topological polar surface area (TPSA) is 84.6 Å². The number of guanidine groups is 1. The van der Waals surface area contributed by atoms with Crippen molar-refractivity contribution in [2.45, 2.75) is 12.5 Å². The van der Waals surface area contributed by atoms with E-state index in [-0.39, 0.29) is 6.04 Å². The van der Waals surface area contributed by atoms with Crippen LogP contribution in [-0.4, -0.2) is 95.1 Å². The first-order valence-corrected chi connectivity index (χ1v) is 10.6. The Labute approximate surface area is 174 Å². The summed E-state index contributed by atoms with van der Waals surface area (Å²) in [7, 11) is 1.68. The van der Waals surface area contributed by atoms with Crippen molar-refractivity contribution in [2.24, 2.45) is 10.7 Å². The monoisotopic (exact) mass is 405 g/mol. The molecule has 162 valence electrons. The lowest BCUT2D eigenvalue weighted by Gasteiger charge is -2.34. The Kier molecular flexibility index (Phi) is 9.01. The molecule has 0 spiro atoms. The minimum Gasteiger partial charge on any atom is -0.497 e. The molecule has 1 atom stereocenters. The molecule has 1 aromatic carbocycles. The Bertz CT molecular complexity index is 613. The second kappa shape index (κ2) is 12.0. The maximum atomic E-state index is 6.14. The predicted molar refractivity (Wildman–Crippen MR) is 114 cm³/mol. The van der Waals surface area contributed by atoms with Gasteiger partial charge in [0.1, 0.15) is 5.75 Å². The van der Waals surface area contributed by atoms with Crippen LogP contribution in [0.2, 0.25) is 0 Å². The molecule has 2 aliphatic rings. The zero-order valence-corrected chi connectivity index (χ0v) is 17.5. The average molecular weight is 406 g/mol. The molecule has 3 N–H and O–H groups in total. The summed E-state index contributed by atoms with van der Waals surface area (Å²) in [5.41, 5.74) is 7.36. The predicted octanol–water partition coefficient (Wildman–Crippen LogP) is 0.695. The van der Waals surface area contributed by atoms with Crippen molar-refractivity contribution >= 4 is 5.96 Å². The number of nitrogens with zero attached hydrogens (tertiary/aromatic N) is 3. The van der Waals surface area contributed by atoms with E-state index in [2.05, 4.69) is 32.2 Å². The van der Waals surface area contributed by atoms with Crippen molar-refractivity contribution in [3.8, 4) is 5.75 Å². The van der Waals surface area contributed by atoms with E-state index in [1.807, 2.05) is 12.1 Å². The highest BCUT2D eigenvalue weighted by molar-refractivity contribution is 5.77. The molecule has 29 heavy (non-hydrogen) atoms. The van der Waals surface area contributed by atoms with Gasteiger partial charge in [0.25, 0.3) is 0 Å². The smallest absolute Gasteiger partial charge is 0.188 e. The van der Waals surface area contributed by atoms with E-state index >= 15 is 0 Å². The second-order valence-electron chi connectivity index (χ2n) is 7.40. The highest BCUT2D eigenvalue weighted by Gasteiger charge is 2.22. The third kappa shape index (κ3) is 7.15. The molecule has 0 radical (unpaired) electrons. The van der Waals surface area contributed by atoms with E-state index in [4.69, 9.17) is 19.9 Å². The maximum Gasteiger partial charge on any atom is 0.188 e. The number of rotatable bonds is 9. The molecule has 2 heterocycles. The highest BCUT2D eigenvalue weighted by atomic mass is 16.5. The van der Waals surface area contributed by atoms with Crippen LogP contribution in [0.5, 0.6) is 5.75 Å². The van der Waals surface area contributed by atoms with E-state index < -0.39 is 0 Å². The van der Waals surface area contributed by atoms with Crippen LogP contribution in [0.4, 0.5) is 0 Å². The summed E-state index contributed by atoms with van der Waals surface area (Å²) in [6, 6.07) is 8.40. The molecule has 8 heteroatoms. The quantitative estimate of drug-likeness (QED) is 0.355. The summed E-state index contributed by atoms with van der Waals surface area (Å²) < 4.78 is 16.2. The van der Waals surface area contributed by atoms with E-state index in [1.165, 1.54) is 5.56 Å². The number of hydrogen-bond acceptors (Lipinski definition) is 6. The lowest BCUT2D eigenvalue weighted by molar-refractivity contribution is 0.0179. The van der Waals surface area contributed by atoms with Gasteiger partial charge in [-0.3, -0.25) is 14.8 Å². The van der Waals surface area contributed by atoms with Gasteiger partial charge in [-0.1, -0.05) is 12.1 Å². The summed E-state index contributed by atoms with van der Waals surface area (Å²) in [6.07, 6.45) is 1.04. The molecular weight excluding hydrogens is 370 g/mol. The fourth-order valence-corrected chi connectivity index (χ4v) is 3.73. The molecule has 1 aromatic rings. The van der Waals surface area contributed by atoms with Crippen molar-refractivity contribution in [2.75, 3.05) is 79.4 Å². The Morgan fingerprint density at radius 2 is 1.76 bits per heavy atom. The third-order valence-corrected chi connectivity index (χ3v) is 5.48. The lowest BCUT2D eigenvalue weighted by atomic mass is 10.0. The van der Waals surface area contributed by atoms with Gasteiger partial charge in [0.2, 0.25) is 0 Å². The van der Waals surface area contributed by atoms with Gasteiger partial charge in [0.05, 0.1) is 46.1 Å². The van der Waals surface area contributed by atoms with E-state index in [9.17, 15) is 0 Å². The van der Waals surface area contributed by atoms with Gasteiger partial charge < -0.3 is 25.3 Å². The minimum atomic E-state index is 0.179. The number of methoxy groups -OCH3 is 1. The number of morpholine rings is 2. The van der Waals surface area contributed by atoms with Crippen LogP contribution in [0.3, 0.4) is 0 Å². The van der Waals surface area contributed by atoms with Gasteiger partial charge in [-0.15, -0.1) is 0 Å². The fraction of sp³-hybridized carbons (Fsp3) is 0.667. The van der Waals surface area contributed by atoms with Gasteiger partial charge in [-0.25, -0.2) is 0 Å². The molecule has 2 aliphatic heterocycles. The molecule has 3 rings (SSSR count). The van der Waals surface area contributed by atoms with Crippen molar-refractivity contribution in [1.29, 1.82) is 0 Å². The zero-order chi connectivity index (χ0) is 20.3. The first-order chi connectivity index (χ1) is 14.3. The molecule has 8 nitrogen and oxygen atoms in total. The molecule has 0 aliphatic carbocycles. The van der Waals surface area contributed by atoms with E-state index in [0.717, 1.165) is 77.9 Å². The third-order valence-electron chi connectivity index (χ3n) is 5.48. The summed E-state index contributed by atoms with van der Waals surface area (Å²) >= 11 is 0. The zero-order valence-electron chi connectivity index (χ0n) is 17.5. The lowest BCUT2D eigenvalue weighted by Crippen LogP contribution is -2.41. The highest BCUT2D eigenvalue weighted by Crippen LogP contribution is 2.24. The van der Waals surface area contributed by atoms with Crippen molar-refractivity contribution < 1.29 is 14.2 Å². The van der Waals surface area contributed by atoms with Gasteiger partial charge in [0, 0.05) is 32.7 Å². The molecule has 2 fully saturated rings. The summed E-state index contributed by atoms with van der Waals surface area (Å²) in [5.74, 6) is 1.37. The molecule has 0 amide bonds. The van der Waals surface area contributed by atoms with Crippen molar-refractivity contribution in [1.82, 2.24) is 15.1 Å². The molecule has 1 unspecified atom stereocenters. The summed E-state index contributed by atoms with van der Waals surface area (Å²) in [5, 5.41) is 3.26. The molecule has 0 aromatic heterocycles. The molecule has 0 bridgehead atoms. The normalized spacial score (nSPS) is 20.4. The Balaban J connectivity index is 1.50. The standard InChI is InChI=1S/C21H35N5O3/c1-27-19-5-3-18(4-6-19)20(26-11-15-29-16-12-26)17-24-21(22)23-7-2-8-25-9-13-28-14-10-25/h3-6,20H,2,7-17H2,1H3,(H3,22,23,24). The Hall–Kier alpha value is -1.87. The maximum absolute atomic E-state index is 6.14. The van der Waals surface area contributed by atoms with Crippen LogP contribution in [0.1, 0.15) is 18.0 Å².